The summed E-state index contributed by atoms with van der Waals surface area (Å²) in [4.78, 5) is 80.2. The maximum Gasteiger partial charge on any atom is 0.363 e. The minimum Gasteiger partial charge on any atom is -0.467 e. The number of nitro groups is 1. The summed E-state index contributed by atoms with van der Waals surface area (Å²) in [6, 6.07) is 1.36. The van der Waals surface area contributed by atoms with Crippen molar-refractivity contribution in [3.05, 3.63) is 51.0 Å². The van der Waals surface area contributed by atoms with Crippen LogP contribution in [0.25, 0.3) is 0 Å². The fourth-order valence-corrected chi connectivity index (χ4v) is 4.90. The number of carbonyl (C=O) groups is 5. The molecule has 43 heavy (non-hydrogen) atoms. The maximum atomic E-state index is 13.1. The molecule has 1 aliphatic rings. The number of alkyl halides is 1. The van der Waals surface area contributed by atoms with Crippen LogP contribution in [0.2, 0.25) is 0 Å². The SMILES string of the molecule is COC(=O)[C@H]1[C@@H](NC(=O)/C(=N\OCC(=O)OCc2ccc([N+](=O)[O-])cc2)c2csc(NC(=O)CCl)n2)C(=O)N1S(=O)(=O)O. The largest absolute Gasteiger partial charge is 0.467 e. The summed E-state index contributed by atoms with van der Waals surface area (Å²) in [6.45, 7) is -1.14. The molecule has 1 aliphatic heterocycles. The molecule has 230 valence electrons. The zero-order valence-corrected chi connectivity index (χ0v) is 23.9. The van der Waals surface area contributed by atoms with E-state index >= 15 is 0 Å². The van der Waals surface area contributed by atoms with Gasteiger partial charge in [0.05, 0.1) is 12.0 Å². The molecular formula is C21H19ClN6O13S2. The molecule has 2 atom stereocenters. The molecule has 3 N–H and O–H groups in total. The quantitative estimate of drug-likeness (QED) is 0.0458. The van der Waals surface area contributed by atoms with Crippen LogP contribution in [0.1, 0.15) is 11.3 Å². The third kappa shape index (κ3) is 8.18. The summed E-state index contributed by atoms with van der Waals surface area (Å²) in [5.41, 5.74) is -0.689. The highest BCUT2D eigenvalue weighted by molar-refractivity contribution is 7.84. The number of esters is 2. The second-order valence-electron chi connectivity index (χ2n) is 8.05. The highest BCUT2D eigenvalue weighted by Gasteiger charge is 2.58. The van der Waals surface area contributed by atoms with Crippen molar-refractivity contribution >= 4 is 79.4 Å². The van der Waals surface area contributed by atoms with Gasteiger partial charge in [-0.15, -0.1) is 22.9 Å². The molecule has 22 heteroatoms. The van der Waals surface area contributed by atoms with Crippen LogP contribution in [-0.2, 0) is 55.2 Å². The lowest BCUT2D eigenvalue weighted by atomic mass is 9.98. The minimum absolute atomic E-state index is 0.0339. The van der Waals surface area contributed by atoms with E-state index in [0.29, 0.717) is 5.56 Å². The third-order valence-corrected chi connectivity index (χ3v) is 7.15. The van der Waals surface area contributed by atoms with Crippen molar-refractivity contribution in [2.75, 3.05) is 24.9 Å². The summed E-state index contributed by atoms with van der Waals surface area (Å²) in [7, 11) is -4.32. The van der Waals surface area contributed by atoms with Crippen molar-refractivity contribution in [3.63, 3.8) is 0 Å². The van der Waals surface area contributed by atoms with Crippen LogP contribution in [0.3, 0.4) is 0 Å². The Bertz CT molecular complexity index is 1580. The topological polar surface area (TPSA) is 263 Å². The van der Waals surface area contributed by atoms with Crippen molar-refractivity contribution in [1.82, 2.24) is 14.6 Å². The Balaban J connectivity index is 1.75. The van der Waals surface area contributed by atoms with Crippen LogP contribution >= 0.6 is 22.9 Å². The number of β-lactam (4-membered cyclic amide) rings is 1. The molecule has 3 rings (SSSR count). The van der Waals surface area contributed by atoms with Gasteiger partial charge in [-0.25, -0.2) is 14.6 Å². The standard InChI is InChI=1S/C21H19ClN6O13S2/c1-39-20(33)17-16(19(32)27(17)43(36,37)38)25-18(31)15(12-9-42-21(23-12)24-13(29)6-22)26-41-8-14(30)40-7-10-2-4-11(5-3-10)28(34)35/h2-5,9,16-17H,6-8H2,1H3,(H,25,31)(H,23,24,29)(H,36,37,38)/b26-15-/t16-,17-/m1/s1. The van der Waals surface area contributed by atoms with Crippen molar-refractivity contribution < 1.29 is 56.2 Å². The number of hydrogen-bond acceptors (Lipinski definition) is 15. The number of nitrogens with one attached hydrogen (secondary N) is 2. The minimum atomic E-state index is -5.19. The number of methoxy groups -OCH3 is 1. The first-order valence-electron chi connectivity index (χ1n) is 11.4. The summed E-state index contributed by atoms with van der Waals surface area (Å²) in [6.07, 6.45) is 0. The van der Waals surface area contributed by atoms with E-state index in [4.69, 9.17) is 21.2 Å². The molecular weight excluding hydrogens is 644 g/mol. The highest BCUT2D eigenvalue weighted by Crippen LogP contribution is 2.25. The average molecular weight is 663 g/mol. The van der Waals surface area contributed by atoms with Crippen LogP contribution in [0.15, 0.2) is 34.8 Å². The van der Waals surface area contributed by atoms with Gasteiger partial charge in [-0.05, 0) is 17.7 Å². The average Bonchev–Trinajstić information content (AvgIpc) is 3.42. The van der Waals surface area contributed by atoms with Gasteiger partial charge in [-0.1, -0.05) is 5.16 Å². The van der Waals surface area contributed by atoms with E-state index in [9.17, 15) is 47.1 Å². The molecule has 0 spiro atoms. The lowest BCUT2D eigenvalue weighted by Gasteiger charge is -2.41. The molecule has 1 saturated heterocycles. The molecule has 1 aromatic carbocycles. The molecule has 0 aliphatic carbocycles. The first-order chi connectivity index (χ1) is 20.3. The Morgan fingerprint density at radius 3 is 2.51 bits per heavy atom. The van der Waals surface area contributed by atoms with Crippen molar-refractivity contribution in [2.24, 2.45) is 5.16 Å². The second-order valence-corrected chi connectivity index (χ2v) is 10.5. The lowest BCUT2D eigenvalue weighted by Crippen LogP contribution is -2.74. The number of amides is 3. The van der Waals surface area contributed by atoms with E-state index in [0.717, 1.165) is 18.4 Å². The summed E-state index contributed by atoms with van der Waals surface area (Å²) in [5, 5.41) is 19.9. The molecule has 0 saturated carbocycles. The van der Waals surface area contributed by atoms with Crippen molar-refractivity contribution in [3.8, 4) is 0 Å². The van der Waals surface area contributed by atoms with Crippen LogP contribution in [-0.4, -0.2) is 94.2 Å². The predicted octanol–water partition coefficient (Wildman–Crippen LogP) is -0.636. The van der Waals surface area contributed by atoms with Crippen LogP contribution in [0.5, 0.6) is 0 Å². The summed E-state index contributed by atoms with van der Waals surface area (Å²) < 4.78 is 41.5. The number of non-ortho nitro benzene ring substituents is 1. The number of benzene rings is 1. The molecule has 2 aromatic rings. The third-order valence-electron chi connectivity index (χ3n) is 5.24. The maximum absolute atomic E-state index is 13.1. The van der Waals surface area contributed by atoms with Gasteiger partial charge in [-0.2, -0.15) is 12.7 Å². The number of ether oxygens (including phenoxy) is 2. The van der Waals surface area contributed by atoms with Crippen molar-refractivity contribution in [2.45, 2.75) is 18.7 Å². The summed E-state index contributed by atoms with van der Waals surface area (Å²) in [5.74, 6) is -5.93. The van der Waals surface area contributed by atoms with E-state index < -0.39 is 75.2 Å². The molecule has 1 aromatic heterocycles. The fraction of sp³-hybridized carbons (Fsp3) is 0.286. The fourth-order valence-electron chi connectivity index (χ4n) is 3.29. The zero-order valence-electron chi connectivity index (χ0n) is 21.5. The van der Waals surface area contributed by atoms with E-state index in [1.807, 2.05) is 0 Å². The normalized spacial score (nSPS) is 16.5. The number of thiazole rings is 1. The summed E-state index contributed by atoms with van der Waals surface area (Å²) >= 11 is 6.27. The van der Waals surface area contributed by atoms with Crippen LogP contribution < -0.4 is 10.6 Å². The molecule has 0 radical (unpaired) electrons. The number of anilines is 1. The highest BCUT2D eigenvalue weighted by atomic mass is 35.5. The van der Waals surface area contributed by atoms with Crippen LogP contribution in [0, 0.1) is 10.1 Å². The number of hydrogen-bond donors (Lipinski definition) is 3. The van der Waals surface area contributed by atoms with Gasteiger partial charge < -0.3 is 24.9 Å². The van der Waals surface area contributed by atoms with E-state index in [1.54, 1.807) is 0 Å². The number of nitrogens with zero attached hydrogens (tertiary/aromatic N) is 4. The van der Waals surface area contributed by atoms with Gasteiger partial charge in [0.15, 0.2) is 16.9 Å². The van der Waals surface area contributed by atoms with E-state index in [1.165, 1.54) is 29.6 Å². The van der Waals surface area contributed by atoms with Gasteiger partial charge in [0.25, 0.3) is 17.5 Å². The number of aromatic nitrogens is 1. The first-order valence-corrected chi connectivity index (χ1v) is 14.2. The number of carbonyl (C=O) groups excluding carboxylic acids is 5. The smallest absolute Gasteiger partial charge is 0.363 e. The second kappa shape index (κ2) is 14.0. The monoisotopic (exact) mass is 662 g/mol. The number of halogens is 1. The predicted molar refractivity (Wildman–Crippen MR) is 143 cm³/mol. The Morgan fingerprint density at radius 2 is 1.93 bits per heavy atom. The molecule has 0 unspecified atom stereocenters. The molecule has 0 bridgehead atoms. The number of nitro benzene ring substituents is 1. The Labute approximate surface area is 249 Å². The van der Waals surface area contributed by atoms with Crippen LogP contribution in [0.4, 0.5) is 10.8 Å². The molecule has 3 amide bonds. The Hall–Kier alpha value is -4.73. The lowest BCUT2D eigenvalue weighted by molar-refractivity contribution is -0.384. The Morgan fingerprint density at radius 1 is 1.26 bits per heavy atom. The van der Waals surface area contributed by atoms with Gasteiger partial charge in [0.1, 0.15) is 24.2 Å². The Kier molecular flexibility index (Phi) is 10.6. The van der Waals surface area contributed by atoms with Gasteiger partial charge in [-0.3, -0.25) is 29.1 Å². The van der Waals surface area contributed by atoms with Gasteiger partial charge >= 0.3 is 22.2 Å². The van der Waals surface area contributed by atoms with Gasteiger partial charge in [0.2, 0.25) is 12.5 Å². The molecule has 2 heterocycles. The molecule has 19 nitrogen and oxygen atoms in total. The van der Waals surface area contributed by atoms with Gasteiger partial charge in [0, 0.05) is 17.5 Å². The molecule has 1 fully saturated rings. The van der Waals surface area contributed by atoms with E-state index in [-0.39, 0.29) is 27.4 Å². The van der Waals surface area contributed by atoms with Crippen molar-refractivity contribution in [1.29, 1.82) is 0 Å². The zero-order chi connectivity index (χ0) is 31.9. The number of oxime groups is 1. The first kappa shape index (κ1) is 32.8. The van der Waals surface area contributed by atoms with E-state index in [2.05, 4.69) is 25.5 Å². The number of rotatable bonds is 13.